The fourth-order valence-electron chi connectivity index (χ4n) is 0.688. The summed E-state index contributed by atoms with van der Waals surface area (Å²) < 4.78 is 4.46. The zero-order valence-corrected chi connectivity index (χ0v) is 8.78. The van der Waals surface area contributed by atoms with Crippen LogP contribution in [0.4, 0.5) is 0 Å². The number of methoxy groups -OCH3 is 1. The maximum Gasteiger partial charge on any atom is 0.331 e. The maximum absolute atomic E-state index is 10.7. The molecule has 0 amide bonds. The zero-order valence-electron chi connectivity index (χ0n) is 8.78. The summed E-state index contributed by atoms with van der Waals surface area (Å²) in [5, 5.41) is 0. The molecule has 0 rings (SSSR count). The van der Waals surface area contributed by atoms with E-state index in [4.69, 9.17) is 0 Å². The summed E-state index contributed by atoms with van der Waals surface area (Å²) in [6.07, 6.45) is 3.13. The molecule has 0 fully saturated rings. The lowest BCUT2D eigenvalue weighted by Crippen LogP contribution is -2.25. The summed E-state index contributed by atoms with van der Waals surface area (Å²) in [5.74, 6) is -0.322. The van der Waals surface area contributed by atoms with Gasteiger partial charge < -0.3 is 14.5 Å². The van der Waals surface area contributed by atoms with Crippen LogP contribution in [-0.4, -0.2) is 57.1 Å². The highest BCUT2D eigenvalue weighted by Gasteiger charge is 1.95. The lowest BCUT2D eigenvalue weighted by atomic mass is 10.5. The van der Waals surface area contributed by atoms with Crippen LogP contribution in [0, 0.1) is 0 Å². The highest BCUT2D eigenvalue weighted by molar-refractivity contribution is 5.81. The molecule has 0 aliphatic heterocycles. The van der Waals surface area contributed by atoms with Gasteiger partial charge in [-0.2, -0.15) is 0 Å². The number of nitrogens with zero attached hydrogens (tertiary/aromatic N) is 2. The first-order chi connectivity index (χ1) is 6.06. The highest BCUT2D eigenvalue weighted by atomic mass is 16.5. The molecule has 0 unspecified atom stereocenters. The van der Waals surface area contributed by atoms with Gasteiger partial charge in [0.1, 0.15) is 0 Å². The van der Waals surface area contributed by atoms with Gasteiger partial charge in [0.05, 0.1) is 7.11 Å². The van der Waals surface area contributed by atoms with Gasteiger partial charge in [-0.05, 0) is 14.1 Å². The topological polar surface area (TPSA) is 32.8 Å². The molecule has 4 heteroatoms. The average molecular weight is 186 g/mol. The summed E-state index contributed by atoms with van der Waals surface area (Å²) in [6.45, 7) is 1.85. The predicted octanol–water partition coefficient (Wildman–Crippen LogP) is 0.167. The third kappa shape index (κ3) is 7.33. The molecule has 0 aromatic carbocycles. The first kappa shape index (κ1) is 12.0. The Morgan fingerprint density at radius 2 is 1.92 bits per heavy atom. The van der Waals surface area contributed by atoms with Crippen molar-refractivity contribution >= 4 is 5.97 Å². The van der Waals surface area contributed by atoms with Crippen LogP contribution < -0.4 is 0 Å². The van der Waals surface area contributed by atoms with E-state index in [-0.39, 0.29) is 5.97 Å². The first-order valence-corrected chi connectivity index (χ1v) is 4.17. The van der Waals surface area contributed by atoms with Gasteiger partial charge in [0.2, 0.25) is 0 Å². The molecular weight excluding hydrogens is 168 g/mol. The van der Waals surface area contributed by atoms with E-state index < -0.39 is 0 Å². The van der Waals surface area contributed by atoms with E-state index in [1.807, 2.05) is 26.0 Å². The Balaban J connectivity index is 3.67. The Kier molecular flexibility index (Phi) is 5.97. The summed E-state index contributed by atoms with van der Waals surface area (Å²) in [4.78, 5) is 14.7. The van der Waals surface area contributed by atoms with Gasteiger partial charge in [-0.25, -0.2) is 4.79 Å². The summed E-state index contributed by atoms with van der Waals surface area (Å²) >= 11 is 0. The van der Waals surface area contributed by atoms with E-state index in [0.717, 1.165) is 13.1 Å². The molecule has 0 atom stereocenters. The van der Waals surface area contributed by atoms with E-state index in [1.54, 1.807) is 6.20 Å². The van der Waals surface area contributed by atoms with Gasteiger partial charge in [-0.3, -0.25) is 0 Å². The van der Waals surface area contributed by atoms with Crippen LogP contribution in [0.3, 0.4) is 0 Å². The molecule has 0 saturated carbocycles. The molecule has 13 heavy (non-hydrogen) atoms. The Morgan fingerprint density at radius 1 is 1.31 bits per heavy atom. The highest BCUT2D eigenvalue weighted by Crippen LogP contribution is 1.86. The van der Waals surface area contributed by atoms with Crippen molar-refractivity contribution in [1.82, 2.24) is 9.80 Å². The first-order valence-electron chi connectivity index (χ1n) is 4.17. The fraction of sp³-hybridized carbons (Fsp3) is 0.667. The minimum Gasteiger partial charge on any atom is -0.466 e. The molecule has 0 aromatic heterocycles. The summed E-state index contributed by atoms with van der Waals surface area (Å²) in [6, 6.07) is 0. The molecule has 76 valence electrons. The number of hydrogen-bond donors (Lipinski definition) is 0. The second kappa shape index (κ2) is 6.48. The number of carbonyl (C=O) groups excluding carboxylic acids is 1. The minimum absolute atomic E-state index is 0.322. The van der Waals surface area contributed by atoms with Crippen molar-refractivity contribution in [1.29, 1.82) is 0 Å². The standard InChI is InChI=1S/C9H18N2O2/c1-10(2)7-8-11(3)6-5-9(12)13-4/h5-6H,7-8H2,1-4H3. The molecule has 0 bridgehead atoms. The molecule has 4 nitrogen and oxygen atoms in total. The molecular formula is C9H18N2O2. The van der Waals surface area contributed by atoms with Crippen molar-refractivity contribution in [2.75, 3.05) is 41.3 Å². The zero-order chi connectivity index (χ0) is 10.3. The van der Waals surface area contributed by atoms with Gasteiger partial charge in [0.25, 0.3) is 0 Å². The maximum atomic E-state index is 10.7. The Morgan fingerprint density at radius 3 is 2.38 bits per heavy atom. The van der Waals surface area contributed by atoms with E-state index in [9.17, 15) is 4.79 Å². The quantitative estimate of drug-likeness (QED) is 0.452. The lowest BCUT2D eigenvalue weighted by molar-refractivity contribution is -0.134. The van der Waals surface area contributed by atoms with Crippen molar-refractivity contribution in [3.63, 3.8) is 0 Å². The van der Waals surface area contributed by atoms with E-state index in [1.165, 1.54) is 13.2 Å². The number of rotatable bonds is 5. The molecule has 0 saturated heterocycles. The number of esters is 1. The van der Waals surface area contributed by atoms with Crippen LogP contribution in [0.5, 0.6) is 0 Å². The Hall–Kier alpha value is -1.03. The van der Waals surface area contributed by atoms with Crippen molar-refractivity contribution in [2.45, 2.75) is 0 Å². The smallest absolute Gasteiger partial charge is 0.331 e. The van der Waals surface area contributed by atoms with Crippen molar-refractivity contribution < 1.29 is 9.53 Å². The molecule has 0 N–H and O–H groups in total. The third-order valence-electron chi connectivity index (χ3n) is 1.57. The van der Waals surface area contributed by atoms with E-state index in [0.29, 0.717) is 0 Å². The number of ether oxygens (including phenoxy) is 1. The molecule has 0 spiro atoms. The summed E-state index contributed by atoms with van der Waals surface area (Å²) in [5.41, 5.74) is 0. The molecule has 0 aliphatic rings. The fourth-order valence-corrected chi connectivity index (χ4v) is 0.688. The normalized spacial score (nSPS) is 10.8. The van der Waals surface area contributed by atoms with Gasteiger partial charge in [0, 0.05) is 32.4 Å². The van der Waals surface area contributed by atoms with Gasteiger partial charge in [-0.1, -0.05) is 0 Å². The van der Waals surface area contributed by atoms with Gasteiger partial charge >= 0.3 is 5.97 Å². The predicted molar refractivity (Wildman–Crippen MR) is 52.3 cm³/mol. The molecule has 0 aliphatic carbocycles. The van der Waals surface area contributed by atoms with Crippen molar-refractivity contribution in [3.05, 3.63) is 12.3 Å². The number of likely N-dealkylation sites (N-methyl/N-ethyl adjacent to an activating group) is 2. The lowest BCUT2D eigenvalue weighted by Gasteiger charge is -2.16. The van der Waals surface area contributed by atoms with Crippen LogP contribution in [0.2, 0.25) is 0 Å². The largest absolute Gasteiger partial charge is 0.466 e. The SMILES string of the molecule is COC(=O)C=CN(C)CCN(C)C. The van der Waals surface area contributed by atoms with E-state index in [2.05, 4.69) is 9.64 Å². The average Bonchev–Trinajstić information content (AvgIpc) is 2.10. The summed E-state index contributed by atoms with van der Waals surface area (Å²) in [7, 11) is 7.31. The second-order valence-corrected chi connectivity index (χ2v) is 3.12. The monoisotopic (exact) mass is 186 g/mol. The number of hydrogen-bond acceptors (Lipinski definition) is 4. The molecule has 0 aromatic rings. The minimum atomic E-state index is -0.322. The Bertz CT molecular complexity index is 178. The van der Waals surface area contributed by atoms with Crippen LogP contribution in [0.25, 0.3) is 0 Å². The van der Waals surface area contributed by atoms with Crippen LogP contribution >= 0.6 is 0 Å². The van der Waals surface area contributed by atoms with E-state index >= 15 is 0 Å². The molecule has 0 radical (unpaired) electrons. The van der Waals surface area contributed by atoms with Crippen LogP contribution in [0.15, 0.2) is 12.3 Å². The second-order valence-electron chi connectivity index (χ2n) is 3.12. The molecule has 0 heterocycles. The van der Waals surface area contributed by atoms with Crippen molar-refractivity contribution in [2.24, 2.45) is 0 Å². The number of carbonyl (C=O) groups is 1. The third-order valence-corrected chi connectivity index (χ3v) is 1.57. The van der Waals surface area contributed by atoms with Crippen LogP contribution in [-0.2, 0) is 9.53 Å². The van der Waals surface area contributed by atoms with Gasteiger partial charge in [-0.15, -0.1) is 0 Å². The van der Waals surface area contributed by atoms with Crippen molar-refractivity contribution in [3.8, 4) is 0 Å². The Labute approximate surface area is 79.8 Å². The van der Waals surface area contributed by atoms with Crippen LogP contribution in [0.1, 0.15) is 0 Å². The van der Waals surface area contributed by atoms with Gasteiger partial charge in [0.15, 0.2) is 0 Å².